The maximum Gasteiger partial charge on any atom is 0.387 e. The van der Waals surface area contributed by atoms with Crippen molar-refractivity contribution in [1.29, 1.82) is 0 Å². The van der Waals surface area contributed by atoms with E-state index in [0.717, 1.165) is 4.88 Å². The van der Waals surface area contributed by atoms with Crippen molar-refractivity contribution in [2.24, 2.45) is 0 Å². The number of rotatable bonds is 9. The predicted octanol–water partition coefficient (Wildman–Crippen LogP) is 4.18. The number of para-hydroxylation sites is 1. The monoisotopic (exact) mass is 396 g/mol. The smallest absolute Gasteiger partial charge is 0.387 e. The molecule has 5 nitrogen and oxygen atoms in total. The van der Waals surface area contributed by atoms with Crippen molar-refractivity contribution in [1.82, 2.24) is 10.6 Å². The van der Waals surface area contributed by atoms with Gasteiger partial charge in [0.25, 0.3) is 0 Å². The molecule has 0 bridgehead atoms. The van der Waals surface area contributed by atoms with E-state index in [-0.39, 0.29) is 24.0 Å². The zero-order chi connectivity index (χ0) is 19.8. The normalized spacial score (nSPS) is 13.1. The highest BCUT2D eigenvalue weighted by atomic mass is 32.1. The molecule has 2 amide bonds. The Morgan fingerprint density at radius 1 is 1.11 bits per heavy atom. The fourth-order valence-electron chi connectivity index (χ4n) is 2.77. The summed E-state index contributed by atoms with van der Waals surface area (Å²) >= 11 is 1.45. The van der Waals surface area contributed by atoms with Crippen molar-refractivity contribution in [3.8, 4) is 5.75 Å². The van der Waals surface area contributed by atoms with Crippen molar-refractivity contribution >= 4 is 23.2 Å². The quantitative estimate of drug-likeness (QED) is 0.668. The molecule has 0 saturated carbocycles. The molecule has 2 atom stereocenters. The molecule has 2 aromatic rings. The van der Waals surface area contributed by atoms with Crippen LogP contribution in [-0.4, -0.2) is 18.4 Å². The van der Waals surface area contributed by atoms with E-state index < -0.39 is 18.7 Å². The van der Waals surface area contributed by atoms with Crippen LogP contribution >= 0.6 is 11.3 Å². The number of hydrogen-bond donors (Lipinski definition) is 2. The molecule has 2 unspecified atom stereocenters. The van der Waals surface area contributed by atoms with Crippen LogP contribution in [0, 0.1) is 0 Å². The van der Waals surface area contributed by atoms with E-state index >= 15 is 0 Å². The molecular formula is C19H22F2N2O3S. The number of hydrogen-bond acceptors (Lipinski definition) is 4. The average Bonchev–Trinajstić information content (AvgIpc) is 3.13. The molecule has 0 aliphatic heterocycles. The zero-order valence-electron chi connectivity index (χ0n) is 15.1. The SMILES string of the molecule is CCC(NC(=O)CC(NC(C)=O)c1cccs1)c1ccccc1OC(F)F. The molecule has 1 aromatic carbocycles. The Labute approximate surface area is 160 Å². The molecule has 2 N–H and O–H groups in total. The van der Waals surface area contributed by atoms with Crippen LogP contribution in [0.5, 0.6) is 5.75 Å². The molecule has 0 spiro atoms. The molecule has 2 rings (SSSR count). The van der Waals surface area contributed by atoms with Gasteiger partial charge >= 0.3 is 6.61 Å². The Hall–Kier alpha value is -2.48. The lowest BCUT2D eigenvalue weighted by molar-refractivity contribution is -0.123. The number of amides is 2. The lowest BCUT2D eigenvalue weighted by Gasteiger charge is -2.22. The maximum absolute atomic E-state index is 12.6. The van der Waals surface area contributed by atoms with Gasteiger partial charge < -0.3 is 15.4 Å². The molecule has 0 fully saturated rings. The summed E-state index contributed by atoms with van der Waals surface area (Å²) in [6.07, 6.45) is 0.549. The summed E-state index contributed by atoms with van der Waals surface area (Å²) in [6.45, 7) is 0.294. The van der Waals surface area contributed by atoms with Gasteiger partial charge in [0.2, 0.25) is 11.8 Å². The molecule has 1 heterocycles. The molecule has 0 aliphatic carbocycles. The van der Waals surface area contributed by atoms with Crippen LogP contribution in [0.25, 0.3) is 0 Å². The molecule has 27 heavy (non-hydrogen) atoms. The Balaban J connectivity index is 2.11. The van der Waals surface area contributed by atoms with Gasteiger partial charge in [-0.1, -0.05) is 31.2 Å². The van der Waals surface area contributed by atoms with Gasteiger partial charge in [0.15, 0.2) is 0 Å². The maximum atomic E-state index is 12.6. The fraction of sp³-hybridized carbons (Fsp3) is 0.368. The summed E-state index contributed by atoms with van der Waals surface area (Å²) in [5.41, 5.74) is 0.487. The number of carbonyl (C=O) groups is 2. The van der Waals surface area contributed by atoms with E-state index in [0.29, 0.717) is 12.0 Å². The third kappa shape index (κ3) is 6.32. The molecule has 8 heteroatoms. The highest BCUT2D eigenvalue weighted by molar-refractivity contribution is 7.10. The Bertz CT molecular complexity index is 753. The highest BCUT2D eigenvalue weighted by Gasteiger charge is 2.22. The van der Waals surface area contributed by atoms with Gasteiger partial charge in [-0.3, -0.25) is 9.59 Å². The first-order valence-electron chi connectivity index (χ1n) is 8.54. The molecular weight excluding hydrogens is 374 g/mol. The minimum Gasteiger partial charge on any atom is -0.434 e. The van der Waals surface area contributed by atoms with Crippen LogP contribution < -0.4 is 15.4 Å². The van der Waals surface area contributed by atoms with Gasteiger partial charge in [-0.05, 0) is 23.9 Å². The van der Waals surface area contributed by atoms with Crippen molar-refractivity contribution in [2.75, 3.05) is 0 Å². The third-order valence-electron chi connectivity index (χ3n) is 3.91. The number of thiophene rings is 1. The number of halogens is 2. The number of benzene rings is 1. The second kappa shape index (κ2) is 10.0. The highest BCUT2D eigenvalue weighted by Crippen LogP contribution is 2.29. The second-order valence-corrected chi connectivity index (χ2v) is 6.90. The van der Waals surface area contributed by atoms with Gasteiger partial charge in [0.1, 0.15) is 5.75 Å². The van der Waals surface area contributed by atoms with E-state index in [1.54, 1.807) is 18.2 Å². The van der Waals surface area contributed by atoms with Gasteiger partial charge in [0.05, 0.1) is 18.5 Å². The average molecular weight is 396 g/mol. The number of nitrogens with one attached hydrogen (secondary N) is 2. The van der Waals surface area contributed by atoms with Crippen molar-refractivity contribution in [3.63, 3.8) is 0 Å². The summed E-state index contributed by atoms with van der Waals surface area (Å²) in [5, 5.41) is 7.49. The first kappa shape index (κ1) is 20.8. The first-order chi connectivity index (χ1) is 12.9. The number of ether oxygens (including phenoxy) is 1. The predicted molar refractivity (Wildman–Crippen MR) is 99.7 cm³/mol. The summed E-state index contributed by atoms with van der Waals surface area (Å²) in [5.74, 6) is -0.485. The molecule has 0 radical (unpaired) electrons. The van der Waals surface area contributed by atoms with Crippen LogP contribution in [0.3, 0.4) is 0 Å². The van der Waals surface area contributed by atoms with Crippen LogP contribution in [-0.2, 0) is 9.59 Å². The number of carbonyl (C=O) groups excluding carboxylic acids is 2. The van der Waals surface area contributed by atoms with Crippen LogP contribution in [0.1, 0.15) is 49.2 Å². The van der Waals surface area contributed by atoms with Crippen LogP contribution in [0.4, 0.5) is 8.78 Å². The van der Waals surface area contributed by atoms with E-state index in [4.69, 9.17) is 0 Å². The van der Waals surface area contributed by atoms with Crippen LogP contribution in [0.15, 0.2) is 41.8 Å². The Morgan fingerprint density at radius 2 is 1.85 bits per heavy atom. The van der Waals surface area contributed by atoms with Gasteiger partial charge in [0, 0.05) is 17.4 Å². The molecule has 0 saturated heterocycles. The summed E-state index contributed by atoms with van der Waals surface area (Å²) in [6, 6.07) is 9.18. The van der Waals surface area contributed by atoms with Crippen molar-refractivity contribution in [3.05, 3.63) is 52.2 Å². The van der Waals surface area contributed by atoms with Gasteiger partial charge in [-0.2, -0.15) is 8.78 Å². The standard InChI is InChI=1S/C19H22F2N2O3S/c1-3-14(13-7-4-5-8-16(13)26-19(20)21)23-18(25)11-15(22-12(2)24)17-9-6-10-27-17/h4-10,14-15,19H,3,11H2,1-2H3,(H,22,24)(H,23,25). The second-order valence-electron chi connectivity index (χ2n) is 5.92. The Morgan fingerprint density at radius 3 is 2.44 bits per heavy atom. The summed E-state index contributed by atoms with van der Waals surface area (Å²) in [7, 11) is 0. The summed E-state index contributed by atoms with van der Waals surface area (Å²) < 4.78 is 29.8. The summed E-state index contributed by atoms with van der Waals surface area (Å²) in [4.78, 5) is 24.9. The zero-order valence-corrected chi connectivity index (χ0v) is 15.9. The minimum atomic E-state index is -2.94. The van der Waals surface area contributed by atoms with Crippen molar-refractivity contribution < 1.29 is 23.1 Å². The lowest BCUT2D eigenvalue weighted by Crippen LogP contribution is -2.34. The fourth-order valence-corrected chi connectivity index (χ4v) is 3.55. The first-order valence-corrected chi connectivity index (χ1v) is 9.42. The molecule has 0 aliphatic rings. The third-order valence-corrected chi connectivity index (χ3v) is 4.89. The van der Waals surface area contributed by atoms with E-state index in [1.165, 1.54) is 24.3 Å². The van der Waals surface area contributed by atoms with Crippen LogP contribution in [0.2, 0.25) is 0 Å². The molecule has 146 valence electrons. The van der Waals surface area contributed by atoms with E-state index in [9.17, 15) is 18.4 Å². The number of alkyl halides is 2. The topological polar surface area (TPSA) is 67.4 Å². The lowest BCUT2D eigenvalue weighted by atomic mass is 10.0. The Kier molecular flexibility index (Phi) is 7.72. The van der Waals surface area contributed by atoms with Gasteiger partial charge in [-0.15, -0.1) is 11.3 Å². The van der Waals surface area contributed by atoms with E-state index in [1.807, 2.05) is 24.4 Å². The van der Waals surface area contributed by atoms with Gasteiger partial charge in [-0.25, -0.2) is 0 Å². The minimum absolute atomic E-state index is 0.0383. The largest absolute Gasteiger partial charge is 0.434 e. The van der Waals surface area contributed by atoms with Crippen molar-refractivity contribution in [2.45, 2.75) is 45.4 Å². The van der Waals surface area contributed by atoms with E-state index in [2.05, 4.69) is 15.4 Å². The molecule has 1 aromatic heterocycles.